The maximum absolute atomic E-state index is 13.1. The van der Waals surface area contributed by atoms with E-state index in [1.807, 2.05) is 26.0 Å². The number of aliphatic hydroxyl groups is 1. The number of aromatic nitrogens is 2. The Morgan fingerprint density at radius 1 is 1.07 bits per heavy atom. The Morgan fingerprint density at radius 3 is 2.29 bits per heavy atom. The molecule has 0 aliphatic heterocycles. The van der Waals surface area contributed by atoms with Crippen LogP contribution in [0.2, 0.25) is 10.0 Å². The smallest absolute Gasteiger partial charge is 0.257 e. The molecule has 1 unspecified atom stereocenters. The number of hydrogen-bond donors (Lipinski definition) is 1. The maximum atomic E-state index is 13.1. The molecule has 3 rings (SSSR count). The second kappa shape index (κ2) is 8.95. The Morgan fingerprint density at radius 2 is 1.68 bits per heavy atom. The van der Waals surface area contributed by atoms with Crippen molar-refractivity contribution < 1.29 is 9.90 Å². The van der Waals surface area contributed by atoms with Gasteiger partial charge in [-0.15, -0.1) is 0 Å². The van der Waals surface area contributed by atoms with Gasteiger partial charge < -0.3 is 10.0 Å². The fraction of sp³-hybridized carbons (Fsp3) is 0.333. The molecule has 0 spiro atoms. The molecular weight excluding hydrogens is 397 g/mol. The Kier molecular flexibility index (Phi) is 6.60. The van der Waals surface area contributed by atoms with Crippen LogP contribution in [0, 0.1) is 0 Å². The molecule has 2 aromatic heterocycles. The first kappa shape index (κ1) is 20.6. The first-order valence-corrected chi connectivity index (χ1v) is 10.1. The summed E-state index contributed by atoms with van der Waals surface area (Å²) in [7, 11) is 0. The highest BCUT2D eigenvalue weighted by molar-refractivity contribution is 6.30. The van der Waals surface area contributed by atoms with Crippen LogP contribution in [0.3, 0.4) is 0 Å². The molecule has 148 valence electrons. The van der Waals surface area contributed by atoms with Gasteiger partial charge in [-0.25, -0.2) is 4.98 Å². The number of fused-ring (bicyclic) bond motifs is 1. The van der Waals surface area contributed by atoms with Crippen molar-refractivity contribution >= 4 is 34.8 Å². The number of carbonyl (C=O) groups excluding carboxylic acids is 1. The molecule has 0 aliphatic rings. The lowest BCUT2D eigenvalue weighted by molar-refractivity contribution is -0.140. The monoisotopic (exact) mass is 419 g/mol. The Hall–Kier alpha value is -2.08. The number of benzene rings is 1. The molecule has 1 atom stereocenters. The number of pyridine rings is 1. The minimum Gasteiger partial charge on any atom is -0.377 e. The maximum Gasteiger partial charge on any atom is 0.257 e. The van der Waals surface area contributed by atoms with Gasteiger partial charge in [0, 0.05) is 29.9 Å². The van der Waals surface area contributed by atoms with Crippen molar-refractivity contribution in [3.8, 4) is 11.3 Å². The topological polar surface area (TPSA) is 57.8 Å². The van der Waals surface area contributed by atoms with Crippen molar-refractivity contribution in [1.82, 2.24) is 14.3 Å². The lowest BCUT2D eigenvalue weighted by atomic mass is 10.1. The molecule has 7 heteroatoms. The lowest BCUT2D eigenvalue weighted by Crippen LogP contribution is -2.36. The predicted octanol–water partition coefficient (Wildman–Crippen LogP) is 4.99. The zero-order valence-electron chi connectivity index (χ0n) is 15.9. The molecule has 0 saturated carbocycles. The number of rotatable bonds is 7. The number of halogens is 2. The standard InChI is InChI=1S/C21H23Cl2N3O2/c1-3-11-25(12-4-2)21(28)20(27)19-18(14-5-7-15(22)8-6-14)24-17-10-9-16(23)13-26(17)19/h5-10,13,20,27H,3-4,11-12H2,1-2H3. The summed E-state index contributed by atoms with van der Waals surface area (Å²) in [5.74, 6) is -0.333. The van der Waals surface area contributed by atoms with Crippen molar-refractivity contribution in [3.05, 3.63) is 58.3 Å². The highest BCUT2D eigenvalue weighted by Crippen LogP contribution is 2.31. The number of carbonyl (C=O) groups is 1. The van der Waals surface area contributed by atoms with E-state index in [0.717, 1.165) is 18.4 Å². The molecule has 28 heavy (non-hydrogen) atoms. The number of hydrogen-bond acceptors (Lipinski definition) is 3. The van der Waals surface area contributed by atoms with Crippen molar-refractivity contribution in [3.63, 3.8) is 0 Å². The molecule has 5 nitrogen and oxygen atoms in total. The average Bonchev–Trinajstić information content (AvgIpc) is 3.05. The Labute approximate surface area is 174 Å². The van der Waals surface area contributed by atoms with E-state index in [1.54, 1.807) is 39.8 Å². The summed E-state index contributed by atoms with van der Waals surface area (Å²) in [6, 6.07) is 10.6. The number of aliphatic hydroxyl groups excluding tert-OH is 1. The van der Waals surface area contributed by atoms with Crippen molar-refractivity contribution in [2.45, 2.75) is 32.8 Å². The first-order chi connectivity index (χ1) is 13.5. The molecule has 1 aromatic carbocycles. The van der Waals surface area contributed by atoms with Crippen LogP contribution in [-0.4, -0.2) is 38.4 Å². The van der Waals surface area contributed by atoms with Crippen LogP contribution >= 0.6 is 23.2 Å². The Bertz CT molecular complexity index is 964. The fourth-order valence-corrected chi connectivity index (χ4v) is 3.57. The van der Waals surface area contributed by atoms with Crippen LogP contribution in [0.4, 0.5) is 0 Å². The van der Waals surface area contributed by atoms with Gasteiger partial charge in [0.25, 0.3) is 5.91 Å². The zero-order chi connectivity index (χ0) is 20.3. The van der Waals surface area contributed by atoms with Gasteiger partial charge in [0.2, 0.25) is 0 Å². The van der Waals surface area contributed by atoms with Crippen molar-refractivity contribution in [2.75, 3.05) is 13.1 Å². The minimum absolute atomic E-state index is 0.333. The zero-order valence-corrected chi connectivity index (χ0v) is 17.4. The van der Waals surface area contributed by atoms with Crippen LogP contribution in [0.5, 0.6) is 0 Å². The number of imidazole rings is 1. The summed E-state index contributed by atoms with van der Waals surface area (Å²) in [5.41, 5.74) is 2.31. The molecule has 0 radical (unpaired) electrons. The van der Waals surface area contributed by atoms with E-state index < -0.39 is 6.10 Å². The van der Waals surface area contributed by atoms with Crippen LogP contribution in [-0.2, 0) is 4.79 Å². The molecule has 3 aromatic rings. The van der Waals surface area contributed by atoms with E-state index in [0.29, 0.717) is 40.2 Å². The van der Waals surface area contributed by atoms with E-state index in [-0.39, 0.29) is 5.91 Å². The molecule has 0 fully saturated rings. The van der Waals surface area contributed by atoms with Gasteiger partial charge in [-0.3, -0.25) is 9.20 Å². The third-order valence-electron chi connectivity index (χ3n) is 4.53. The van der Waals surface area contributed by atoms with E-state index in [9.17, 15) is 9.90 Å². The number of nitrogens with zero attached hydrogens (tertiary/aromatic N) is 3. The highest BCUT2D eigenvalue weighted by Gasteiger charge is 2.29. The van der Waals surface area contributed by atoms with Gasteiger partial charge in [-0.1, -0.05) is 49.2 Å². The molecule has 1 N–H and O–H groups in total. The van der Waals surface area contributed by atoms with E-state index in [2.05, 4.69) is 4.98 Å². The molecule has 1 amide bonds. The summed E-state index contributed by atoms with van der Waals surface area (Å²) in [4.78, 5) is 19.4. The summed E-state index contributed by atoms with van der Waals surface area (Å²) in [6.45, 7) is 5.21. The summed E-state index contributed by atoms with van der Waals surface area (Å²) in [5, 5.41) is 12.2. The van der Waals surface area contributed by atoms with Gasteiger partial charge >= 0.3 is 0 Å². The SMILES string of the molecule is CCCN(CCC)C(=O)C(O)c1c(-c2ccc(Cl)cc2)nc2ccc(Cl)cn12. The minimum atomic E-state index is -1.35. The van der Waals surface area contributed by atoms with Gasteiger partial charge in [0.05, 0.1) is 16.4 Å². The van der Waals surface area contributed by atoms with Crippen LogP contribution in [0.25, 0.3) is 16.9 Å². The molecule has 0 bridgehead atoms. The largest absolute Gasteiger partial charge is 0.377 e. The quantitative estimate of drug-likeness (QED) is 0.586. The number of amides is 1. The molecular formula is C21H23Cl2N3O2. The summed E-state index contributed by atoms with van der Waals surface area (Å²) >= 11 is 12.2. The van der Waals surface area contributed by atoms with Crippen LogP contribution in [0.15, 0.2) is 42.6 Å². The third-order valence-corrected chi connectivity index (χ3v) is 5.00. The van der Waals surface area contributed by atoms with Crippen LogP contribution in [0.1, 0.15) is 38.5 Å². The van der Waals surface area contributed by atoms with Gasteiger partial charge in [0.1, 0.15) is 5.65 Å². The van der Waals surface area contributed by atoms with E-state index in [1.165, 1.54) is 0 Å². The molecule has 0 aliphatic carbocycles. The van der Waals surface area contributed by atoms with Crippen molar-refractivity contribution in [2.24, 2.45) is 0 Å². The second-order valence-electron chi connectivity index (χ2n) is 6.66. The van der Waals surface area contributed by atoms with Gasteiger partial charge in [0.15, 0.2) is 6.10 Å². The Balaban J connectivity index is 2.14. The first-order valence-electron chi connectivity index (χ1n) is 9.36. The van der Waals surface area contributed by atoms with E-state index in [4.69, 9.17) is 23.2 Å². The van der Waals surface area contributed by atoms with Gasteiger partial charge in [-0.05, 0) is 37.1 Å². The molecule has 2 heterocycles. The molecule has 0 saturated heterocycles. The van der Waals surface area contributed by atoms with E-state index >= 15 is 0 Å². The summed E-state index contributed by atoms with van der Waals surface area (Å²) < 4.78 is 1.69. The second-order valence-corrected chi connectivity index (χ2v) is 7.53. The highest BCUT2D eigenvalue weighted by atomic mass is 35.5. The fourth-order valence-electron chi connectivity index (χ4n) is 3.28. The average molecular weight is 420 g/mol. The third kappa shape index (κ3) is 4.17. The predicted molar refractivity (Wildman–Crippen MR) is 113 cm³/mol. The van der Waals surface area contributed by atoms with Crippen molar-refractivity contribution in [1.29, 1.82) is 0 Å². The van der Waals surface area contributed by atoms with Crippen LogP contribution < -0.4 is 0 Å². The summed E-state index contributed by atoms with van der Waals surface area (Å²) in [6.07, 6.45) is 1.96. The normalized spacial score (nSPS) is 12.3. The van der Waals surface area contributed by atoms with Gasteiger partial charge in [-0.2, -0.15) is 0 Å². The lowest BCUT2D eigenvalue weighted by Gasteiger charge is -2.24.